The van der Waals surface area contributed by atoms with Crippen molar-refractivity contribution in [2.75, 3.05) is 12.4 Å². The topological polar surface area (TPSA) is 47.3 Å². The third kappa shape index (κ3) is 2.37. The van der Waals surface area contributed by atoms with E-state index >= 15 is 0 Å². The summed E-state index contributed by atoms with van der Waals surface area (Å²) in [4.78, 5) is 0.441. The largest absolute Gasteiger partial charge is 0.389 e. The summed E-state index contributed by atoms with van der Waals surface area (Å²) < 4.78 is 5.32. The van der Waals surface area contributed by atoms with Crippen molar-refractivity contribution in [3.05, 3.63) is 42.0 Å². The quantitative estimate of drug-likeness (QED) is 0.848. The van der Waals surface area contributed by atoms with Gasteiger partial charge in [0.15, 0.2) is 0 Å². The fourth-order valence-corrected chi connectivity index (χ4v) is 2.91. The number of nitrogens with two attached hydrogens (primary N) is 1. The van der Waals surface area contributed by atoms with Crippen molar-refractivity contribution in [2.45, 2.75) is 25.0 Å². The molecule has 4 heteroatoms. The monoisotopic (exact) mass is 286 g/mol. The van der Waals surface area contributed by atoms with Gasteiger partial charge in [0.05, 0.1) is 6.10 Å². The van der Waals surface area contributed by atoms with E-state index in [1.807, 2.05) is 18.2 Å². The predicted molar refractivity (Wildman–Crippen MR) is 87.3 cm³/mol. The zero-order chi connectivity index (χ0) is 14.1. The number of ether oxygens (including phenoxy) is 1. The zero-order valence-electron chi connectivity index (χ0n) is 11.4. The third-order valence-corrected chi connectivity index (χ3v) is 4.20. The minimum absolute atomic E-state index is 0.398. The van der Waals surface area contributed by atoms with Crippen LogP contribution in [-0.2, 0) is 4.74 Å². The highest BCUT2D eigenvalue weighted by atomic mass is 32.1. The van der Waals surface area contributed by atoms with E-state index in [0.717, 1.165) is 29.5 Å². The normalized spacial score (nSPS) is 21.4. The Hall–Kier alpha value is -1.65. The second kappa shape index (κ2) is 5.38. The second-order valence-electron chi connectivity index (χ2n) is 5.24. The van der Waals surface area contributed by atoms with Gasteiger partial charge in [0.25, 0.3) is 0 Å². The van der Waals surface area contributed by atoms with Gasteiger partial charge in [-0.05, 0) is 30.4 Å². The maximum absolute atomic E-state index is 5.80. The molecule has 0 saturated heterocycles. The average Bonchev–Trinajstić information content (AvgIpc) is 2.41. The third-order valence-electron chi connectivity index (χ3n) is 3.98. The summed E-state index contributed by atoms with van der Waals surface area (Å²) >= 11 is 5.13. The molecule has 0 atom stereocenters. The summed E-state index contributed by atoms with van der Waals surface area (Å²) in [6.45, 7) is 0. The summed E-state index contributed by atoms with van der Waals surface area (Å²) in [5.41, 5.74) is 7.87. The number of methoxy groups -OCH3 is 1. The first-order chi connectivity index (χ1) is 9.69. The molecule has 104 valence electrons. The van der Waals surface area contributed by atoms with Crippen molar-refractivity contribution in [3.8, 4) is 0 Å². The summed E-state index contributed by atoms with van der Waals surface area (Å²) in [7, 11) is 1.77. The molecule has 0 spiro atoms. The number of hydrogen-bond donors (Lipinski definition) is 2. The minimum Gasteiger partial charge on any atom is -0.389 e. The van der Waals surface area contributed by atoms with Crippen LogP contribution in [0.15, 0.2) is 36.4 Å². The Bertz CT molecular complexity index is 650. The van der Waals surface area contributed by atoms with Crippen molar-refractivity contribution < 1.29 is 4.74 Å². The Morgan fingerprint density at radius 2 is 1.90 bits per heavy atom. The van der Waals surface area contributed by atoms with Gasteiger partial charge in [0, 0.05) is 29.8 Å². The van der Waals surface area contributed by atoms with Gasteiger partial charge in [-0.3, -0.25) is 0 Å². The minimum atomic E-state index is 0.398. The number of hydrogen-bond acceptors (Lipinski definition) is 3. The lowest BCUT2D eigenvalue weighted by Crippen LogP contribution is -2.40. The molecular weight excluding hydrogens is 268 g/mol. The first-order valence-electron chi connectivity index (χ1n) is 6.80. The summed E-state index contributed by atoms with van der Waals surface area (Å²) in [6.07, 6.45) is 2.51. The number of anilines is 1. The first-order valence-corrected chi connectivity index (χ1v) is 7.20. The summed E-state index contributed by atoms with van der Waals surface area (Å²) in [5.74, 6) is 0. The van der Waals surface area contributed by atoms with Crippen LogP contribution in [-0.4, -0.2) is 24.2 Å². The van der Waals surface area contributed by atoms with Crippen LogP contribution in [0.25, 0.3) is 10.8 Å². The fraction of sp³-hybridized carbons (Fsp3) is 0.312. The van der Waals surface area contributed by atoms with Crippen molar-refractivity contribution in [2.24, 2.45) is 5.73 Å². The highest BCUT2D eigenvalue weighted by Gasteiger charge is 2.29. The van der Waals surface area contributed by atoms with Crippen LogP contribution >= 0.6 is 12.2 Å². The Labute approximate surface area is 124 Å². The number of rotatable bonds is 4. The SMILES string of the molecule is COC1CC(Nc2ccc(C(N)=S)c3ccccc23)C1. The Balaban J connectivity index is 1.92. The van der Waals surface area contributed by atoms with Gasteiger partial charge >= 0.3 is 0 Å². The summed E-state index contributed by atoms with van der Waals surface area (Å²) in [5, 5.41) is 5.86. The molecular formula is C16H18N2OS. The molecule has 0 bridgehead atoms. The van der Waals surface area contributed by atoms with E-state index in [-0.39, 0.29) is 0 Å². The van der Waals surface area contributed by atoms with Crippen LogP contribution in [0.5, 0.6) is 0 Å². The van der Waals surface area contributed by atoms with Crippen LogP contribution in [0.2, 0.25) is 0 Å². The average molecular weight is 286 g/mol. The maximum atomic E-state index is 5.80. The van der Waals surface area contributed by atoms with Gasteiger partial charge in [-0.2, -0.15) is 0 Å². The fourth-order valence-electron chi connectivity index (χ4n) is 2.74. The van der Waals surface area contributed by atoms with Crippen molar-refractivity contribution >= 4 is 33.7 Å². The van der Waals surface area contributed by atoms with E-state index in [9.17, 15) is 0 Å². The molecule has 1 aliphatic rings. The molecule has 0 radical (unpaired) electrons. The van der Waals surface area contributed by atoms with E-state index in [2.05, 4.69) is 23.5 Å². The predicted octanol–water partition coefficient (Wildman–Crippen LogP) is 3.06. The van der Waals surface area contributed by atoms with Gasteiger partial charge in [0.1, 0.15) is 4.99 Å². The second-order valence-corrected chi connectivity index (χ2v) is 5.68. The number of nitrogens with one attached hydrogen (secondary N) is 1. The molecule has 0 amide bonds. The number of thiocarbonyl (C=S) groups is 1. The first kappa shape index (κ1) is 13.3. The molecule has 2 aromatic carbocycles. The smallest absolute Gasteiger partial charge is 0.104 e. The van der Waals surface area contributed by atoms with Crippen LogP contribution in [0.3, 0.4) is 0 Å². The Morgan fingerprint density at radius 3 is 2.55 bits per heavy atom. The maximum Gasteiger partial charge on any atom is 0.104 e. The molecule has 20 heavy (non-hydrogen) atoms. The molecule has 0 aliphatic heterocycles. The lowest BCUT2D eigenvalue weighted by Gasteiger charge is -2.35. The molecule has 0 aromatic heterocycles. The molecule has 3 N–H and O–H groups in total. The van der Waals surface area contributed by atoms with Gasteiger partial charge in [-0.25, -0.2) is 0 Å². The highest BCUT2D eigenvalue weighted by Crippen LogP contribution is 2.31. The molecule has 1 fully saturated rings. The van der Waals surface area contributed by atoms with E-state index in [1.165, 1.54) is 5.39 Å². The molecule has 3 rings (SSSR count). The lowest BCUT2D eigenvalue weighted by molar-refractivity contribution is 0.0329. The van der Waals surface area contributed by atoms with Crippen molar-refractivity contribution in [3.63, 3.8) is 0 Å². The molecule has 0 heterocycles. The molecule has 2 aromatic rings. The van der Waals surface area contributed by atoms with E-state index in [4.69, 9.17) is 22.7 Å². The summed E-state index contributed by atoms with van der Waals surface area (Å²) in [6, 6.07) is 12.8. The number of benzene rings is 2. The Kier molecular flexibility index (Phi) is 3.59. The van der Waals surface area contributed by atoms with Crippen LogP contribution < -0.4 is 11.1 Å². The van der Waals surface area contributed by atoms with E-state index in [1.54, 1.807) is 7.11 Å². The molecule has 3 nitrogen and oxygen atoms in total. The van der Waals surface area contributed by atoms with E-state index < -0.39 is 0 Å². The standard InChI is InChI=1S/C16H18N2OS/c1-19-11-8-10(9-11)18-15-7-6-14(16(17)20)12-4-2-3-5-13(12)15/h2-7,10-11,18H,8-9H2,1H3,(H2,17,20). The number of fused-ring (bicyclic) bond motifs is 1. The molecule has 1 aliphatic carbocycles. The Morgan fingerprint density at radius 1 is 1.20 bits per heavy atom. The van der Waals surface area contributed by atoms with Crippen LogP contribution in [0, 0.1) is 0 Å². The van der Waals surface area contributed by atoms with Crippen molar-refractivity contribution in [1.82, 2.24) is 0 Å². The highest BCUT2D eigenvalue weighted by molar-refractivity contribution is 7.80. The van der Waals surface area contributed by atoms with Crippen LogP contribution in [0.1, 0.15) is 18.4 Å². The van der Waals surface area contributed by atoms with Gasteiger partial charge in [-0.15, -0.1) is 0 Å². The molecule has 0 unspecified atom stereocenters. The van der Waals surface area contributed by atoms with Crippen LogP contribution in [0.4, 0.5) is 5.69 Å². The lowest BCUT2D eigenvalue weighted by atomic mass is 9.88. The van der Waals surface area contributed by atoms with Gasteiger partial charge in [-0.1, -0.05) is 36.5 Å². The van der Waals surface area contributed by atoms with Gasteiger partial charge < -0.3 is 15.8 Å². The molecule has 1 saturated carbocycles. The zero-order valence-corrected chi connectivity index (χ0v) is 12.2. The van der Waals surface area contributed by atoms with Gasteiger partial charge in [0.2, 0.25) is 0 Å². The van der Waals surface area contributed by atoms with Crippen molar-refractivity contribution in [1.29, 1.82) is 0 Å². The van der Waals surface area contributed by atoms with E-state index in [0.29, 0.717) is 17.1 Å².